The van der Waals surface area contributed by atoms with Gasteiger partial charge in [0.25, 0.3) is 11.8 Å². The molecule has 1 fully saturated rings. The number of ether oxygens (including phenoxy) is 2. The van der Waals surface area contributed by atoms with E-state index in [0.717, 1.165) is 5.01 Å². The zero-order valence-corrected chi connectivity index (χ0v) is 16.8. The van der Waals surface area contributed by atoms with Gasteiger partial charge in [-0.05, 0) is 24.7 Å². The van der Waals surface area contributed by atoms with Gasteiger partial charge in [-0.25, -0.2) is 4.98 Å². The Morgan fingerprint density at radius 1 is 1.07 bits per heavy atom. The Hall–Kier alpha value is -2.36. The highest BCUT2D eigenvalue weighted by Crippen LogP contribution is 2.32. The highest BCUT2D eigenvalue weighted by atomic mass is 35.5. The van der Waals surface area contributed by atoms with E-state index in [2.05, 4.69) is 4.98 Å². The van der Waals surface area contributed by atoms with Crippen molar-refractivity contribution in [3.63, 3.8) is 0 Å². The topological polar surface area (TPSA) is 98.0 Å². The van der Waals surface area contributed by atoms with E-state index in [-0.39, 0.29) is 31.0 Å². The summed E-state index contributed by atoms with van der Waals surface area (Å²) in [4.78, 5) is 33.2. The molecule has 2 N–H and O–H groups in total. The number of hydrogen-bond donors (Lipinski definition) is 1. The van der Waals surface area contributed by atoms with E-state index < -0.39 is 0 Å². The van der Waals surface area contributed by atoms with Gasteiger partial charge in [-0.15, -0.1) is 23.7 Å². The predicted octanol–water partition coefficient (Wildman–Crippen LogP) is 1.39. The fraction of sp³-hybridized carbons (Fsp3) is 0.389. The second-order valence-corrected chi connectivity index (χ2v) is 7.26. The van der Waals surface area contributed by atoms with Crippen LogP contribution in [-0.2, 0) is 6.42 Å². The Morgan fingerprint density at radius 3 is 2.46 bits per heavy atom. The van der Waals surface area contributed by atoms with Gasteiger partial charge in [-0.3, -0.25) is 9.59 Å². The van der Waals surface area contributed by atoms with Crippen LogP contribution in [-0.4, -0.2) is 66.1 Å². The molecule has 28 heavy (non-hydrogen) atoms. The molecule has 0 unspecified atom stereocenters. The molecule has 0 radical (unpaired) electrons. The van der Waals surface area contributed by atoms with Crippen LogP contribution >= 0.6 is 23.7 Å². The van der Waals surface area contributed by atoms with Crippen molar-refractivity contribution in [2.45, 2.75) is 6.42 Å². The maximum absolute atomic E-state index is 12.7. The minimum absolute atomic E-state index is 0. The summed E-state index contributed by atoms with van der Waals surface area (Å²) in [6.07, 6.45) is 0.676. The van der Waals surface area contributed by atoms with Crippen molar-refractivity contribution in [2.75, 3.05) is 39.5 Å². The molecule has 1 saturated heterocycles. The molecule has 3 heterocycles. The lowest BCUT2D eigenvalue weighted by Crippen LogP contribution is -2.50. The molecule has 4 rings (SSSR count). The van der Waals surface area contributed by atoms with E-state index in [1.807, 2.05) is 0 Å². The average Bonchev–Trinajstić information content (AvgIpc) is 3.36. The van der Waals surface area contributed by atoms with E-state index in [0.29, 0.717) is 61.9 Å². The zero-order chi connectivity index (χ0) is 18.8. The first-order chi connectivity index (χ1) is 13.2. The fourth-order valence-corrected chi connectivity index (χ4v) is 3.92. The minimum atomic E-state index is -0.0929. The normalized spacial score (nSPS) is 15.3. The second kappa shape index (κ2) is 8.76. The number of benzene rings is 1. The molecular formula is C18H21ClN4O4S. The van der Waals surface area contributed by atoms with Crippen molar-refractivity contribution in [2.24, 2.45) is 5.73 Å². The molecule has 2 aromatic rings. The summed E-state index contributed by atoms with van der Waals surface area (Å²) >= 11 is 1.45. The summed E-state index contributed by atoms with van der Waals surface area (Å²) in [7, 11) is 0. The smallest absolute Gasteiger partial charge is 0.273 e. The number of halogens is 1. The summed E-state index contributed by atoms with van der Waals surface area (Å²) in [5.74, 6) is 1.08. The Bertz CT molecular complexity index is 867. The van der Waals surface area contributed by atoms with Crippen LogP contribution in [0.1, 0.15) is 25.9 Å². The van der Waals surface area contributed by atoms with Crippen molar-refractivity contribution in [3.05, 3.63) is 39.8 Å². The van der Waals surface area contributed by atoms with Gasteiger partial charge in [-0.2, -0.15) is 0 Å². The molecule has 2 aliphatic heterocycles. The molecule has 0 bridgehead atoms. The van der Waals surface area contributed by atoms with Gasteiger partial charge in [-0.1, -0.05) is 0 Å². The number of carbonyl (C=O) groups is 2. The Kier molecular flexibility index (Phi) is 6.38. The van der Waals surface area contributed by atoms with Gasteiger partial charge in [0.2, 0.25) is 6.79 Å². The summed E-state index contributed by atoms with van der Waals surface area (Å²) in [6, 6.07) is 5.19. The average molecular weight is 425 g/mol. The number of nitrogens with two attached hydrogens (primary N) is 1. The van der Waals surface area contributed by atoms with Gasteiger partial charge in [0.1, 0.15) is 5.69 Å². The quantitative estimate of drug-likeness (QED) is 0.796. The second-order valence-electron chi connectivity index (χ2n) is 6.32. The van der Waals surface area contributed by atoms with Crippen LogP contribution in [0.2, 0.25) is 0 Å². The van der Waals surface area contributed by atoms with Crippen molar-refractivity contribution < 1.29 is 19.1 Å². The Labute approximate surface area is 172 Å². The van der Waals surface area contributed by atoms with Crippen LogP contribution in [0.25, 0.3) is 0 Å². The third kappa shape index (κ3) is 4.06. The van der Waals surface area contributed by atoms with Crippen LogP contribution in [0.15, 0.2) is 23.6 Å². The molecule has 0 saturated carbocycles. The van der Waals surface area contributed by atoms with E-state index >= 15 is 0 Å². The Morgan fingerprint density at radius 2 is 1.75 bits per heavy atom. The number of piperazine rings is 1. The number of rotatable bonds is 4. The number of fused-ring (bicyclic) bond motifs is 1. The number of nitrogens with zero attached hydrogens (tertiary/aromatic N) is 3. The summed E-state index contributed by atoms with van der Waals surface area (Å²) in [6.45, 7) is 2.63. The van der Waals surface area contributed by atoms with E-state index in [4.69, 9.17) is 15.2 Å². The first-order valence-corrected chi connectivity index (χ1v) is 9.66. The monoisotopic (exact) mass is 424 g/mol. The van der Waals surface area contributed by atoms with Crippen molar-refractivity contribution in [1.82, 2.24) is 14.8 Å². The van der Waals surface area contributed by atoms with Crippen LogP contribution in [0.5, 0.6) is 11.5 Å². The molecule has 150 valence electrons. The maximum atomic E-state index is 12.7. The van der Waals surface area contributed by atoms with Crippen LogP contribution in [0.4, 0.5) is 0 Å². The molecule has 0 atom stereocenters. The van der Waals surface area contributed by atoms with Gasteiger partial charge in [0.05, 0.1) is 5.01 Å². The van der Waals surface area contributed by atoms with Crippen molar-refractivity contribution in [3.8, 4) is 11.5 Å². The summed E-state index contributed by atoms with van der Waals surface area (Å²) < 4.78 is 10.6. The molecule has 2 aliphatic rings. The third-order valence-corrected chi connectivity index (χ3v) is 5.51. The fourth-order valence-electron chi connectivity index (χ4n) is 3.13. The number of aromatic nitrogens is 1. The molecule has 8 nitrogen and oxygen atoms in total. The molecule has 10 heteroatoms. The standard InChI is InChI=1S/C18H20N4O4S.ClH/c19-4-3-16-20-13(10-27-16)18(24)22-7-5-21(6-8-22)17(23)12-1-2-14-15(9-12)26-11-25-14;/h1-2,9-10H,3-8,11,19H2;1H. The highest BCUT2D eigenvalue weighted by molar-refractivity contribution is 7.09. The Balaban J connectivity index is 0.00000225. The van der Waals surface area contributed by atoms with Crippen LogP contribution in [0, 0.1) is 0 Å². The lowest BCUT2D eigenvalue weighted by Gasteiger charge is -2.34. The van der Waals surface area contributed by atoms with Gasteiger partial charge >= 0.3 is 0 Å². The first kappa shape index (κ1) is 20.4. The number of thiazole rings is 1. The molecule has 0 spiro atoms. The molecule has 1 aromatic heterocycles. The van der Waals surface area contributed by atoms with Crippen molar-refractivity contribution >= 4 is 35.6 Å². The molecule has 0 aliphatic carbocycles. The zero-order valence-electron chi connectivity index (χ0n) is 15.1. The lowest BCUT2D eigenvalue weighted by atomic mass is 10.1. The predicted molar refractivity (Wildman–Crippen MR) is 106 cm³/mol. The first-order valence-electron chi connectivity index (χ1n) is 8.78. The lowest BCUT2D eigenvalue weighted by molar-refractivity contribution is 0.0532. The van der Waals surface area contributed by atoms with E-state index in [9.17, 15) is 9.59 Å². The summed E-state index contributed by atoms with van der Waals surface area (Å²) in [5.41, 5.74) is 6.55. The van der Waals surface area contributed by atoms with E-state index in [1.54, 1.807) is 33.4 Å². The minimum Gasteiger partial charge on any atom is -0.454 e. The summed E-state index contributed by atoms with van der Waals surface area (Å²) in [5, 5.41) is 2.65. The third-order valence-electron chi connectivity index (χ3n) is 4.60. The van der Waals surface area contributed by atoms with Crippen molar-refractivity contribution in [1.29, 1.82) is 0 Å². The maximum Gasteiger partial charge on any atom is 0.273 e. The number of amides is 2. The molecule has 2 amide bonds. The van der Waals surface area contributed by atoms with Crippen LogP contribution in [0.3, 0.4) is 0 Å². The SMILES string of the molecule is Cl.NCCc1nc(C(=O)N2CCN(C(=O)c3ccc4c(c3)OCO4)CC2)cs1. The van der Waals surface area contributed by atoms with Gasteiger partial charge in [0.15, 0.2) is 11.5 Å². The van der Waals surface area contributed by atoms with Gasteiger partial charge in [0, 0.05) is 43.5 Å². The largest absolute Gasteiger partial charge is 0.454 e. The highest BCUT2D eigenvalue weighted by Gasteiger charge is 2.27. The van der Waals surface area contributed by atoms with Gasteiger partial charge < -0.3 is 25.0 Å². The molecular weight excluding hydrogens is 404 g/mol. The number of carbonyl (C=O) groups excluding carboxylic acids is 2. The van der Waals surface area contributed by atoms with E-state index in [1.165, 1.54) is 11.3 Å². The molecule has 1 aromatic carbocycles. The van der Waals surface area contributed by atoms with Crippen LogP contribution < -0.4 is 15.2 Å². The number of hydrogen-bond acceptors (Lipinski definition) is 7.